The molecule has 1 aromatic heterocycles. The van der Waals surface area contributed by atoms with Gasteiger partial charge in [-0.25, -0.2) is 0 Å². The maximum Gasteiger partial charge on any atom is 0.416 e. The zero-order chi connectivity index (χ0) is 26.1. The van der Waals surface area contributed by atoms with Gasteiger partial charge in [-0.3, -0.25) is 9.59 Å². The Balaban J connectivity index is 1.88. The Morgan fingerprint density at radius 1 is 1.11 bits per heavy atom. The molecule has 3 atom stereocenters. The largest absolute Gasteiger partial charge is 0.416 e. The van der Waals surface area contributed by atoms with E-state index in [9.17, 15) is 22.8 Å². The predicted octanol–water partition coefficient (Wildman–Crippen LogP) is 4.83. The van der Waals surface area contributed by atoms with Gasteiger partial charge in [-0.05, 0) is 89.6 Å². The third kappa shape index (κ3) is 6.45. The lowest BCUT2D eigenvalue weighted by Crippen LogP contribution is -2.46. The van der Waals surface area contributed by atoms with E-state index in [1.165, 1.54) is 0 Å². The Labute approximate surface area is 204 Å². The number of pyridine rings is 1. The van der Waals surface area contributed by atoms with E-state index >= 15 is 0 Å². The first-order valence-electron chi connectivity index (χ1n) is 12.0. The summed E-state index contributed by atoms with van der Waals surface area (Å²) in [5.74, 6) is -0.378. The number of benzene rings is 1. The van der Waals surface area contributed by atoms with Crippen LogP contribution in [0.2, 0.25) is 0 Å². The quantitative estimate of drug-likeness (QED) is 0.466. The molecule has 2 aromatic rings. The number of rotatable bonds is 6. The monoisotopic (exact) mass is 492 g/mol. The van der Waals surface area contributed by atoms with Gasteiger partial charge < -0.3 is 20.9 Å². The molecule has 0 saturated carbocycles. The fourth-order valence-electron chi connectivity index (χ4n) is 5.03. The molecule has 1 fully saturated rings. The number of carbonyl (C=O) groups excluding carboxylic acids is 1. The summed E-state index contributed by atoms with van der Waals surface area (Å²) in [4.78, 5) is 28.0. The molecule has 2 heterocycles. The Bertz CT molecular complexity index is 1130. The Morgan fingerprint density at radius 3 is 2.31 bits per heavy atom. The lowest BCUT2D eigenvalue weighted by atomic mass is 9.84. The van der Waals surface area contributed by atoms with E-state index < -0.39 is 17.6 Å². The van der Waals surface area contributed by atoms with Crippen molar-refractivity contribution in [1.29, 1.82) is 0 Å². The van der Waals surface area contributed by atoms with Crippen LogP contribution in [-0.4, -0.2) is 29.0 Å². The molecule has 0 aliphatic carbocycles. The second-order valence-electron chi connectivity index (χ2n) is 9.95. The van der Waals surface area contributed by atoms with Crippen LogP contribution in [0.4, 0.5) is 18.9 Å². The van der Waals surface area contributed by atoms with Crippen molar-refractivity contribution in [3.63, 3.8) is 0 Å². The second kappa shape index (κ2) is 10.4. The average molecular weight is 493 g/mol. The van der Waals surface area contributed by atoms with E-state index in [1.54, 1.807) is 26.8 Å². The van der Waals surface area contributed by atoms with Gasteiger partial charge in [0.15, 0.2) is 0 Å². The number of anilines is 1. The molecule has 3 unspecified atom stereocenters. The van der Waals surface area contributed by atoms with Gasteiger partial charge in [-0.2, -0.15) is 13.2 Å². The lowest BCUT2D eigenvalue weighted by Gasteiger charge is -2.37. The fourth-order valence-corrected chi connectivity index (χ4v) is 5.03. The molecule has 192 valence electrons. The van der Waals surface area contributed by atoms with Crippen LogP contribution in [-0.2, 0) is 12.7 Å². The average Bonchev–Trinajstić information content (AvgIpc) is 2.72. The van der Waals surface area contributed by atoms with Crippen molar-refractivity contribution in [3.8, 4) is 0 Å². The highest BCUT2D eigenvalue weighted by Gasteiger charge is 2.34. The van der Waals surface area contributed by atoms with Crippen LogP contribution in [0, 0.1) is 26.7 Å². The molecular formula is C26H35F3N4O2. The number of H-pyrrole nitrogens is 1. The summed E-state index contributed by atoms with van der Waals surface area (Å²) in [6.07, 6.45) is -2.78. The van der Waals surface area contributed by atoms with E-state index in [0.29, 0.717) is 40.2 Å². The highest BCUT2D eigenvalue weighted by atomic mass is 19.4. The maximum atomic E-state index is 13.7. The fraction of sp³-hybridized carbons (Fsp3) is 0.538. The van der Waals surface area contributed by atoms with Crippen molar-refractivity contribution < 1.29 is 18.0 Å². The molecule has 1 amide bonds. The van der Waals surface area contributed by atoms with Gasteiger partial charge >= 0.3 is 6.18 Å². The van der Waals surface area contributed by atoms with Crippen molar-refractivity contribution in [2.45, 2.75) is 85.2 Å². The highest BCUT2D eigenvalue weighted by Crippen LogP contribution is 2.35. The van der Waals surface area contributed by atoms with E-state index in [2.05, 4.69) is 34.8 Å². The minimum absolute atomic E-state index is 0.0669. The van der Waals surface area contributed by atoms with Gasteiger partial charge in [0.1, 0.15) is 0 Å². The molecule has 1 aliphatic rings. The maximum absolute atomic E-state index is 13.7. The molecule has 0 radical (unpaired) electrons. The molecule has 1 aromatic carbocycles. The number of amides is 1. The third-order valence-corrected chi connectivity index (χ3v) is 6.87. The Morgan fingerprint density at radius 2 is 1.74 bits per heavy atom. The van der Waals surface area contributed by atoms with Crippen LogP contribution in [0.1, 0.15) is 71.9 Å². The van der Waals surface area contributed by atoms with Crippen LogP contribution in [0.25, 0.3) is 0 Å². The number of hydrogen-bond acceptors (Lipinski definition) is 4. The second-order valence-corrected chi connectivity index (χ2v) is 9.95. The number of alkyl halides is 3. The van der Waals surface area contributed by atoms with Crippen LogP contribution < -0.4 is 21.5 Å². The van der Waals surface area contributed by atoms with E-state index in [-0.39, 0.29) is 29.6 Å². The van der Waals surface area contributed by atoms with E-state index in [0.717, 1.165) is 25.0 Å². The van der Waals surface area contributed by atoms with Crippen LogP contribution in [0.5, 0.6) is 0 Å². The van der Waals surface area contributed by atoms with Gasteiger partial charge in [0.05, 0.1) is 5.56 Å². The number of hydrogen-bond donors (Lipinski definition) is 4. The smallest absolute Gasteiger partial charge is 0.382 e. The molecule has 1 aliphatic heterocycles. The summed E-state index contributed by atoms with van der Waals surface area (Å²) >= 11 is 0. The van der Waals surface area contributed by atoms with Gasteiger partial charge in [0.2, 0.25) is 0 Å². The van der Waals surface area contributed by atoms with Crippen molar-refractivity contribution in [1.82, 2.24) is 15.6 Å². The first-order valence-corrected chi connectivity index (χ1v) is 12.0. The van der Waals surface area contributed by atoms with Crippen LogP contribution >= 0.6 is 0 Å². The molecule has 9 heteroatoms. The summed E-state index contributed by atoms with van der Waals surface area (Å²) in [7, 11) is 0. The minimum Gasteiger partial charge on any atom is -0.382 e. The molecule has 3 rings (SSSR count). The summed E-state index contributed by atoms with van der Waals surface area (Å²) in [5, 5.41) is 9.37. The third-order valence-electron chi connectivity index (χ3n) is 6.87. The van der Waals surface area contributed by atoms with Gasteiger partial charge in [0, 0.05) is 47.2 Å². The zero-order valence-corrected chi connectivity index (χ0v) is 21.1. The normalized spacial score (nSPS) is 21.5. The minimum atomic E-state index is -4.61. The van der Waals surface area contributed by atoms with Gasteiger partial charge in [-0.1, -0.05) is 0 Å². The first-order chi connectivity index (χ1) is 16.3. The van der Waals surface area contributed by atoms with Crippen molar-refractivity contribution >= 4 is 11.6 Å². The molecule has 0 spiro atoms. The van der Waals surface area contributed by atoms with Gasteiger partial charge in [-0.15, -0.1) is 0 Å². The molecular weight excluding hydrogens is 457 g/mol. The SMILES string of the molecule is Cc1cc(C)c(CNC(=O)c2cc(C(F)(F)F)cc(NC(C)C3CC(C)NC(C)C3)c2C)c(=O)[nH]1. The number of halogens is 3. The van der Waals surface area contributed by atoms with E-state index in [1.807, 2.05) is 6.92 Å². The predicted molar refractivity (Wildman–Crippen MR) is 132 cm³/mol. The topological polar surface area (TPSA) is 86.0 Å². The molecule has 4 N–H and O–H groups in total. The first kappa shape index (κ1) is 26.8. The van der Waals surface area contributed by atoms with E-state index in [4.69, 9.17) is 0 Å². The number of aryl methyl sites for hydroxylation is 2. The van der Waals surface area contributed by atoms with Gasteiger partial charge in [0.25, 0.3) is 11.5 Å². The lowest BCUT2D eigenvalue weighted by molar-refractivity contribution is -0.137. The Hall–Kier alpha value is -2.81. The Kier molecular flexibility index (Phi) is 7.99. The summed E-state index contributed by atoms with van der Waals surface area (Å²) in [6.45, 7) is 11.2. The molecule has 6 nitrogen and oxygen atoms in total. The van der Waals surface area contributed by atoms with Crippen molar-refractivity contribution in [2.24, 2.45) is 5.92 Å². The number of aromatic amines is 1. The van der Waals surface area contributed by atoms with Crippen LogP contribution in [0.3, 0.4) is 0 Å². The molecule has 1 saturated heterocycles. The zero-order valence-electron chi connectivity index (χ0n) is 21.1. The number of aromatic nitrogens is 1. The number of carbonyl (C=O) groups is 1. The van der Waals surface area contributed by atoms with Crippen molar-refractivity contribution in [3.05, 3.63) is 62.1 Å². The number of nitrogens with one attached hydrogen (secondary N) is 4. The summed E-state index contributed by atoms with van der Waals surface area (Å²) in [6, 6.07) is 4.31. The van der Waals surface area contributed by atoms with Crippen LogP contribution in [0.15, 0.2) is 23.0 Å². The molecule has 0 bridgehead atoms. The van der Waals surface area contributed by atoms with Crippen molar-refractivity contribution in [2.75, 3.05) is 5.32 Å². The summed E-state index contributed by atoms with van der Waals surface area (Å²) in [5.41, 5.74) is 1.21. The number of piperidine rings is 1. The summed E-state index contributed by atoms with van der Waals surface area (Å²) < 4.78 is 41.2. The highest BCUT2D eigenvalue weighted by molar-refractivity contribution is 5.97. The molecule has 35 heavy (non-hydrogen) atoms. The standard InChI is InChI=1S/C26H35F3N4O2/c1-13-7-14(2)32-25(35)22(13)12-30-24(34)21-10-20(26(27,28)29)11-23(17(21)5)33-18(6)19-8-15(3)31-16(4)9-19/h7,10-11,15-16,18-19,31,33H,8-9,12H2,1-6H3,(H,30,34)(H,32,35).